The van der Waals surface area contributed by atoms with Crippen LogP contribution < -0.4 is 10.6 Å². The predicted molar refractivity (Wildman–Crippen MR) is 97.6 cm³/mol. The number of carbonyl (C=O) groups is 5. The molecule has 0 saturated heterocycles. The lowest BCUT2D eigenvalue weighted by molar-refractivity contribution is -0.125. The maximum absolute atomic E-state index is 12.8. The van der Waals surface area contributed by atoms with Crippen molar-refractivity contribution < 1.29 is 41.9 Å². The van der Waals surface area contributed by atoms with Gasteiger partial charge in [-0.1, -0.05) is 36.4 Å². The molecule has 0 atom stereocenters. The van der Waals surface area contributed by atoms with Gasteiger partial charge in [-0.05, 0) is 6.07 Å². The van der Waals surface area contributed by atoms with Crippen LogP contribution in [0.15, 0.2) is 42.5 Å². The number of urea groups is 1. The van der Waals surface area contributed by atoms with Gasteiger partial charge in [0.25, 0.3) is 5.91 Å². The third-order valence-corrected chi connectivity index (χ3v) is 4.21. The van der Waals surface area contributed by atoms with Crippen LogP contribution in [0.2, 0.25) is 0 Å². The first-order chi connectivity index (χ1) is 14.6. The lowest BCUT2D eigenvalue weighted by Gasteiger charge is -2.19. The third kappa shape index (κ3) is 4.77. The van der Waals surface area contributed by atoms with Crippen molar-refractivity contribution in [3.05, 3.63) is 70.3 Å². The first kappa shape index (κ1) is 21.7. The Morgan fingerprint density at radius 2 is 1.48 bits per heavy atom. The van der Waals surface area contributed by atoms with Gasteiger partial charge >= 0.3 is 18.2 Å². The first-order valence-corrected chi connectivity index (χ1v) is 8.71. The minimum Gasteiger partial charge on any atom is -0.452 e. The molecule has 0 spiro atoms. The Kier molecular flexibility index (Phi) is 5.86. The number of hydrogen-bond acceptors (Lipinski definition) is 6. The summed E-state index contributed by atoms with van der Waals surface area (Å²) in [5.74, 6) is -3.35. The number of rotatable bonds is 4. The lowest BCUT2D eigenvalue weighted by Crippen LogP contribution is -2.44. The van der Waals surface area contributed by atoms with Crippen LogP contribution >= 0.6 is 0 Å². The molecule has 3 amide bonds. The second-order valence-corrected chi connectivity index (χ2v) is 6.35. The van der Waals surface area contributed by atoms with Crippen molar-refractivity contribution >= 4 is 29.5 Å². The topological polar surface area (TPSA) is 119 Å². The molecule has 0 unspecified atom stereocenters. The molecule has 0 aromatic heterocycles. The second-order valence-electron chi connectivity index (χ2n) is 6.35. The number of halogens is 3. The summed E-state index contributed by atoms with van der Waals surface area (Å²) in [6.45, 7) is -2.65. The van der Waals surface area contributed by atoms with Crippen LogP contribution in [0.1, 0.15) is 42.2 Å². The van der Waals surface area contributed by atoms with Gasteiger partial charge in [0.15, 0.2) is 18.2 Å². The second kappa shape index (κ2) is 8.38. The Labute approximate surface area is 172 Å². The number of ether oxygens (including phenoxy) is 1. The fourth-order valence-electron chi connectivity index (χ4n) is 2.91. The number of fused-ring (bicyclic) bond motifs is 2. The van der Waals surface area contributed by atoms with E-state index in [1.54, 1.807) is 17.4 Å². The smallest absolute Gasteiger partial charge is 0.405 e. The number of hydrogen-bond donors (Lipinski definition) is 2. The highest BCUT2D eigenvalue weighted by Gasteiger charge is 2.33. The van der Waals surface area contributed by atoms with Crippen molar-refractivity contribution in [1.82, 2.24) is 10.6 Å². The third-order valence-electron chi connectivity index (χ3n) is 4.21. The van der Waals surface area contributed by atoms with E-state index in [0.717, 1.165) is 0 Å². The normalized spacial score (nSPS) is 12.5. The maximum Gasteiger partial charge on any atom is 0.405 e. The van der Waals surface area contributed by atoms with Crippen LogP contribution in [-0.4, -0.2) is 48.8 Å². The highest BCUT2D eigenvalue weighted by Crippen LogP contribution is 2.29. The molecule has 3 rings (SSSR count). The molecule has 160 valence electrons. The molecule has 0 saturated carbocycles. The molecule has 2 N–H and O–H groups in total. The van der Waals surface area contributed by atoms with Gasteiger partial charge in [0.1, 0.15) is 6.54 Å². The van der Waals surface area contributed by atoms with Gasteiger partial charge in [-0.3, -0.25) is 19.7 Å². The molecule has 31 heavy (non-hydrogen) atoms. The number of carbonyl (C=O) groups excluding carboxylic acids is 5. The zero-order valence-electron chi connectivity index (χ0n) is 15.5. The highest BCUT2D eigenvalue weighted by atomic mass is 19.4. The van der Waals surface area contributed by atoms with Gasteiger partial charge in [-0.25, -0.2) is 9.59 Å². The maximum atomic E-state index is 12.8. The molecule has 2 aromatic rings. The van der Waals surface area contributed by atoms with Crippen molar-refractivity contribution in [1.29, 1.82) is 0 Å². The largest absolute Gasteiger partial charge is 0.452 e. The van der Waals surface area contributed by atoms with Crippen LogP contribution in [0.25, 0.3) is 0 Å². The number of esters is 1. The number of benzene rings is 2. The average molecular weight is 434 g/mol. The zero-order chi connectivity index (χ0) is 22.8. The van der Waals surface area contributed by atoms with Crippen molar-refractivity contribution in [3.63, 3.8) is 0 Å². The van der Waals surface area contributed by atoms with Crippen molar-refractivity contribution in [3.8, 4) is 0 Å². The van der Waals surface area contributed by atoms with Crippen molar-refractivity contribution in [2.75, 3.05) is 13.2 Å². The molecule has 1 aliphatic carbocycles. The van der Waals surface area contributed by atoms with Gasteiger partial charge in [0.05, 0.1) is 5.56 Å². The molecule has 2 aromatic carbocycles. The molecule has 0 radical (unpaired) electrons. The highest BCUT2D eigenvalue weighted by molar-refractivity contribution is 6.30. The van der Waals surface area contributed by atoms with E-state index in [4.69, 9.17) is 4.74 Å². The molecule has 11 heteroatoms. The molecular formula is C20H13F3N2O6. The van der Waals surface area contributed by atoms with E-state index in [9.17, 15) is 37.1 Å². The van der Waals surface area contributed by atoms with Gasteiger partial charge in [-0.15, -0.1) is 0 Å². The van der Waals surface area contributed by atoms with Gasteiger partial charge in [0.2, 0.25) is 0 Å². The number of imide groups is 1. The number of alkyl halides is 3. The summed E-state index contributed by atoms with van der Waals surface area (Å²) in [5, 5.41) is 2.98. The minimum absolute atomic E-state index is 0.00544. The number of ketones is 2. The van der Waals surface area contributed by atoms with Gasteiger partial charge < -0.3 is 10.1 Å². The molecule has 0 aliphatic heterocycles. The van der Waals surface area contributed by atoms with Crippen molar-refractivity contribution in [2.24, 2.45) is 0 Å². The average Bonchev–Trinajstić information content (AvgIpc) is 2.73. The van der Waals surface area contributed by atoms with E-state index in [0.29, 0.717) is 0 Å². The van der Waals surface area contributed by atoms with Crippen LogP contribution in [0.4, 0.5) is 18.0 Å². The Morgan fingerprint density at radius 3 is 2.13 bits per heavy atom. The first-order valence-electron chi connectivity index (χ1n) is 8.71. The SMILES string of the molecule is O=C(COC(=O)c1cccc2c1C(=O)c1ccccc1C2=O)NC(=O)NCC(F)(F)F. The standard InChI is InChI=1S/C20H13F3N2O6/c21-20(22,23)9-24-19(30)25-14(26)8-31-18(29)13-7-3-6-12-15(13)17(28)11-5-2-1-4-10(11)16(12)27/h1-7H,8-9H2,(H2,24,25,26,30). The quantitative estimate of drug-likeness (QED) is 0.607. The summed E-state index contributed by atoms with van der Waals surface area (Å²) in [5.41, 5.74) is -0.151. The predicted octanol–water partition coefficient (Wildman–Crippen LogP) is 2.01. The van der Waals surface area contributed by atoms with E-state index in [-0.39, 0.29) is 27.8 Å². The Morgan fingerprint density at radius 1 is 0.871 bits per heavy atom. The van der Waals surface area contributed by atoms with Crippen LogP contribution in [0.3, 0.4) is 0 Å². The van der Waals surface area contributed by atoms with E-state index in [1.807, 2.05) is 0 Å². The monoisotopic (exact) mass is 434 g/mol. The molecule has 0 fully saturated rings. The van der Waals surface area contributed by atoms with E-state index in [1.165, 1.54) is 35.6 Å². The Hall–Kier alpha value is -4.02. The lowest BCUT2D eigenvalue weighted by atomic mass is 9.82. The van der Waals surface area contributed by atoms with Crippen LogP contribution in [-0.2, 0) is 9.53 Å². The van der Waals surface area contributed by atoms with E-state index >= 15 is 0 Å². The van der Waals surface area contributed by atoms with Gasteiger partial charge in [0, 0.05) is 22.3 Å². The summed E-state index contributed by atoms with van der Waals surface area (Å²) in [4.78, 5) is 60.8. The Bertz CT molecular complexity index is 1110. The summed E-state index contributed by atoms with van der Waals surface area (Å²) in [7, 11) is 0. The number of nitrogens with one attached hydrogen (secondary N) is 2. The van der Waals surface area contributed by atoms with E-state index in [2.05, 4.69) is 0 Å². The van der Waals surface area contributed by atoms with Crippen molar-refractivity contribution in [2.45, 2.75) is 6.18 Å². The van der Waals surface area contributed by atoms with Gasteiger partial charge in [-0.2, -0.15) is 13.2 Å². The molecule has 0 bridgehead atoms. The van der Waals surface area contributed by atoms with Crippen LogP contribution in [0.5, 0.6) is 0 Å². The summed E-state index contributed by atoms with van der Waals surface area (Å²) in [6, 6.07) is 8.62. The zero-order valence-corrected chi connectivity index (χ0v) is 15.5. The molecular weight excluding hydrogens is 421 g/mol. The summed E-state index contributed by atoms with van der Waals surface area (Å²) in [6.07, 6.45) is -4.66. The summed E-state index contributed by atoms with van der Waals surface area (Å²) >= 11 is 0. The summed E-state index contributed by atoms with van der Waals surface area (Å²) < 4.78 is 40.9. The molecule has 8 nitrogen and oxygen atoms in total. The van der Waals surface area contributed by atoms with E-state index < -0.39 is 48.8 Å². The fourth-order valence-corrected chi connectivity index (χ4v) is 2.91. The Balaban J connectivity index is 1.70. The fraction of sp³-hybridized carbons (Fsp3) is 0.150. The molecule has 0 heterocycles. The minimum atomic E-state index is -4.66. The molecule has 1 aliphatic rings. The van der Waals surface area contributed by atoms with Crippen LogP contribution in [0, 0.1) is 0 Å². The number of amides is 3.